The fourth-order valence-corrected chi connectivity index (χ4v) is 2.65. The van der Waals surface area contributed by atoms with E-state index >= 15 is 0 Å². The Bertz CT molecular complexity index is 413. The molecule has 1 fully saturated rings. The van der Waals surface area contributed by atoms with Crippen molar-refractivity contribution < 1.29 is 4.79 Å². The minimum atomic E-state index is -0.0898. The van der Waals surface area contributed by atoms with Crippen molar-refractivity contribution in [2.24, 2.45) is 5.92 Å². The number of aromatic nitrogens is 1. The van der Waals surface area contributed by atoms with Crippen molar-refractivity contribution >= 4 is 11.6 Å². The molecule has 1 aliphatic carbocycles. The molecule has 1 aliphatic rings. The van der Waals surface area contributed by atoms with E-state index in [1.165, 1.54) is 38.3 Å². The Hall–Kier alpha value is -1.58. The molecule has 1 unspecified atom stereocenters. The van der Waals surface area contributed by atoms with Crippen molar-refractivity contribution in [3.8, 4) is 0 Å². The molecule has 4 nitrogen and oxygen atoms in total. The number of pyridine rings is 1. The predicted molar refractivity (Wildman–Crippen MR) is 72.2 cm³/mol. The highest BCUT2D eigenvalue weighted by atomic mass is 16.1. The van der Waals surface area contributed by atoms with Gasteiger partial charge in [0.15, 0.2) is 0 Å². The molecule has 3 N–H and O–H groups in total. The molecule has 0 spiro atoms. The molecule has 4 heteroatoms. The second-order valence-corrected chi connectivity index (χ2v) is 5.12. The van der Waals surface area contributed by atoms with E-state index < -0.39 is 0 Å². The minimum Gasteiger partial charge on any atom is -0.397 e. The van der Waals surface area contributed by atoms with Crippen molar-refractivity contribution in [2.75, 3.05) is 5.73 Å². The van der Waals surface area contributed by atoms with Crippen LogP contribution in [0, 0.1) is 5.92 Å². The number of nitrogens with zero attached hydrogens (tertiary/aromatic N) is 1. The first kappa shape index (κ1) is 12.9. The maximum Gasteiger partial charge on any atom is 0.253 e. The summed E-state index contributed by atoms with van der Waals surface area (Å²) >= 11 is 0. The van der Waals surface area contributed by atoms with Gasteiger partial charge in [0.2, 0.25) is 0 Å². The van der Waals surface area contributed by atoms with Crippen molar-refractivity contribution in [2.45, 2.75) is 45.1 Å². The monoisotopic (exact) mass is 247 g/mol. The molecule has 1 saturated carbocycles. The lowest BCUT2D eigenvalue weighted by atomic mass is 9.84. The number of rotatable bonds is 3. The summed E-state index contributed by atoms with van der Waals surface area (Å²) in [5, 5.41) is 3.06. The largest absolute Gasteiger partial charge is 0.397 e. The summed E-state index contributed by atoms with van der Waals surface area (Å²) in [6, 6.07) is 1.88. The van der Waals surface area contributed by atoms with E-state index in [0.29, 0.717) is 17.2 Å². The van der Waals surface area contributed by atoms with Crippen molar-refractivity contribution in [1.82, 2.24) is 10.3 Å². The number of carbonyl (C=O) groups is 1. The van der Waals surface area contributed by atoms with Gasteiger partial charge >= 0.3 is 0 Å². The van der Waals surface area contributed by atoms with Crippen LogP contribution in [0.4, 0.5) is 5.69 Å². The summed E-state index contributed by atoms with van der Waals surface area (Å²) in [6.45, 7) is 2.09. The van der Waals surface area contributed by atoms with Gasteiger partial charge in [-0.3, -0.25) is 9.78 Å². The van der Waals surface area contributed by atoms with Gasteiger partial charge in [0.05, 0.1) is 17.4 Å². The van der Waals surface area contributed by atoms with E-state index in [0.717, 1.165) is 0 Å². The van der Waals surface area contributed by atoms with E-state index in [1.54, 1.807) is 12.3 Å². The smallest absolute Gasteiger partial charge is 0.253 e. The summed E-state index contributed by atoms with van der Waals surface area (Å²) in [4.78, 5) is 16.0. The summed E-state index contributed by atoms with van der Waals surface area (Å²) in [5.41, 5.74) is 6.71. The average molecular weight is 247 g/mol. The summed E-state index contributed by atoms with van der Waals surface area (Å²) in [5.74, 6) is 0.513. The fraction of sp³-hybridized carbons (Fsp3) is 0.571. The number of nitrogens with two attached hydrogens (primary N) is 1. The maximum absolute atomic E-state index is 12.1. The molecule has 1 aromatic rings. The van der Waals surface area contributed by atoms with Gasteiger partial charge in [0, 0.05) is 12.2 Å². The van der Waals surface area contributed by atoms with Crippen LogP contribution in [0.3, 0.4) is 0 Å². The Morgan fingerprint density at radius 2 is 2.17 bits per heavy atom. The zero-order chi connectivity index (χ0) is 13.0. The molecule has 0 aromatic carbocycles. The summed E-state index contributed by atoms with van der Waals surface area (Å²) in [6.07, 6.45) is 9.43. The molecular formula is C14H21N3O. The molecule has 2 rings (SSSR count). The Labute approximate surface area is 108 Å². The third kappa shape index (κ3) is 3.00. The lowest BCUT2D eigenvalue weighted by molar-refractivity contribution is 0.0920. The number of carbonyl (C=O) groups excluding carboxylic acids is 1. The van der Waals surface area contributed by atoms with Crippen LogP contribution in [0.5, 0.6) is 0 Å². The van der Waals surface area contributed by atoms with Crippen molar-refractivity contribution in [3.63, 3.8) is 0 Å². The molecular weight excluding hydrogens is 226 g/mol. The van der Waals surface area contributed by atoms with Crippen LogP contribution >= 0.6 is 0 Å². The first-order valence-corrected chi connectivity index (χ1v) is 6.69. The molecule has 0 radical (unpaired) electrons. The van der Waals surface area contributed by atoms with Crippen molar-refractivity contribution in [3.05, 3.63) is 24.0 Å². The molecule has 0 saturated heterocycles. The number of amides is 1. The second kappa shape index (κ2) is 5.85. The van der Waals surface area contributed by atoms with Gasteiger partial charge < -0.3 is 11.1 Å². The normalized spacial score (nSPS) is 18.3. The highest BCUT2D eigenvalue weighted by Gasteiger charge is 2.22. The Morgan fingerprint density at radius 3 is 2.83 bits per heavy atom. The van der Waals surface area contributed by atoms with E-state index in [-0.39, 0.29) is 11.9 Å². The van der Waals surface area contributed by atoms with Gasteiger partial charge in [-0.25, -0.2) is 0 Å². The predicted octanol–water partition coefficient (Wildman–Crippen LogP) is 2.36. The van der Waals surface area contributed by atoms with Crippen LogP contribution in [0.2, 0.25) is 0 Å². The van der Waals surface area contributed by atoms with Crippen molar-refractivity contribution in [1.29, 1.82) is 0 Å². The molecule has 98 valence electrons. The maximum atomic E-state index is 12.1. The Balaban J connectivity index is 1.96. The summed E-state index contributed by atoms with van der Waals surface area (Å²) in [7, 11) is 0. The van der Waals surface area contributed by atoms with Gasteiger partial charge in [-0.2, -0.15) is 0 Å². The van der Waals surface area contributed by atoms with E-state index in [9.17, 15) is 4.79 Å². The molecule has 18 heavy (non-hydrogen) atoms. The second-order valence-electron chi connectivity index (χ2n) is 5.12. The van der Waals surface area contributed by atoms with Crippen LogP contribution in [-0.2, 0) is 0 Å². The third-order valence-corrected chi connectivity index (χ3v) is 3.81. The van der Waals surface area contributed by atoms with Gasteiger partial charge in [-0.05, 0) is 31.7 Å². The van der Waals surface area contributed by atoms with Gasteiger partial charge in [0.1, 0.15) is 0 Å². The first-order valence-electron chi connectivity index (χ1n) is 6.69. The Kier molecular flexibility index (Phi) is 4.18. The lowest BCUT2D eigenvalue weighted by Crippen LogP contribution is -2.39. The minimum absolute atomic E-state index is 0.0898. The zero-order valence-electron chi connectivity index (χ0n) is 10.9. The number of hydrogen-bond acceptors (Lipinski definition) is 3. The van der Waals surface area contributed by atoms with Crippen LogP contribution in [0.25, 0.3) is 0 Å². The molecule has 1 amide bonds. The Morgan fingerprint density at radius 1 is 1.44 bits per heavy atom. The fourth-order valence-electron chi connectivity index (χ4n) is 2.65. The van der Waals surface area contributed by atoms with Crippen LogP contribution in [0.1, 0.15) is 49.4 Å². The summed E-state index contributed by atoms with van der Waals surface area (Å²) < 4.78 is 0. The topological polar surface area (TPSA) is 68.0 Å². The van der Waals surface area contributed by atoms with Crippen LogP contribution in [0.15, 0.2) is 18.5 Å². The molecule has 1 atom stereocenters. The van der Waals surface area contributed by atoms with Gasteiger partial charge in [-0.1, -0.05) is 19.3 Å². The number of nitrogens with one attached hydrogen (secondary N) is 1. The molecule has 1 heterocycles. The highest BCUT2D eigenvalue weighted by Crippen LogP contribution is 2.26. The quantitative estimate of drug-likeness (QED) is 0.861. The molecule has 0 aliphatic heterocycles. The van der Waals surface area contributed by atoms with Crippen LogP contribution in [-0.4, -0.2) is 16.9 Å². The standard InChI is InChI=1S/C14H21N3O/c1-10(11-5-3-2-4-6-11)17-14(18)12-7-8-16-9-13(12)15/h7-11H,2-6,15H2,1H3,(H,17,18). The van der Waals surface area contributed by atoms with Gasteiger partial charge in [0.25, 0.3) is 5.91 Å². The molecule has 0 bridgehead atoms. The number of nitrogen functional groups attached to an aromatic ring is 1. The number of hydrogen-bond donors (Lipinski definition) is 2. The van der Waals surface area contributed by atoms with E-state index in [4.69, 9.17) is 5.73 Å². The highest BCUT2D eigenvalue weighted by molar-refractivity contribution is 5.98. The SMILES string of the molecule is CC(NC(=O)c1ccncc1N)C1CCCCC1. The van der Waals surface area contributed by atoms with E-state index in [1.807, 2.05) is 0 Å². The van der Waals surface area contributed by atoms with Crippen LogP contribution < -0.4 is 11.1 Å². The average Bonchev–Trinajstić information content (AvgIpc) is 2.40. The third-order valence-electron chi connectivity index (χ3n) is 3.81. The number of anilines is 1. The van der Waals surface area contributed by atoms with E-state index in [2.05, 4.69) is 17.2 Å². The lowest BCUT2D eigenvalue weighted by Gasteiger charge is -2.28. The molecule has 1 aromatic heterocycles. The van der Waals surface area contributed by atoms with Gasteiger partial charge in [-0.15, -0.1) is 0 Å². The first-order chi connectivity index (χ1) is 8.68. The zero-order valence-corrected chi connectivity index (χ0v) is 10.9.